The van der Waals surface area contributed by atoms with Crippen molar-refractivity contribution in [1.29, 1.82) is 0 Å². The van der Waals surface area contributed by atoms with E-state index in [1.54, 1.807) is 0 Å². The Hall–Kier alpha value is -0.963. The molecule has 1 heterocycles. The van der Waals surface area contributed by atoms with Crippen LogP contribution in [0.15, 0.2) is 35.6 Å². The van der Waals surface area contributed by atoms with Crippen molar-refractivity contribution in [3.8, 4) is 0 Å². The number of hydrogen-bond acceptors (Lipinski definition) is 2. The standard InChI is InChI=1S/C7H6O2Si/c8-10-5-4-6-2-1-3-7(6)9-10/h1-4H,5H2. The minimum atomic E-state index is -1.78. The Morgan fingerprint density at radius 3 is 3.40 bits per heavy atom. The molecule has 0 atom stereocenters. The summed E-state index contributed by atoms with van der Waals surface area (Å²) in [6.45, 7) is 0. The van der Waals surface area contributed by atoms with Gasteiger partial charge in [0.1, 0.15) is 5.76 Å². The molecule has 0 radical (unpaired) electrons. The highest BCUT2D eigenvalue weighted by molar-refractivity contribution is 6.36. The van der Waals surface area contributed by atoms with Crippen LogP contribution in [0.2, 0.25) is 6.04 Å². The highest BCUT2D eigenvalue weighted by Gasteiger charge is 2.19. The van der Waals surface area contributed by atoms with E-state index in [0.29, 0.717) is 6.04 Å². The number of fused-ring (bicyclic) bond motifs is 1. The fourth-order valence-corrected chi connectivity index (χ4v) is 1.94. The average molecular weight is 150 g/mol. The topological polar surface area (TPSA) is 26.3 Å². The largest absolute Gasteiger partial charge is 0.511 e. The monoisotopic (exact) mass is 150 g/mol. The van der Waals surface area contributed by atoms with E-state index < -0.39 is 8.93 Å². The van der Waals surface area contributed by atoms with E-state index in [0.717, 1.165) is 11.3 Å². The Morgan fingerprint density at radius 2 is 2.50 bits per heavy atom. The molecule has 0 aromatic carbocycles. The van der Waals surface area contributed by atoms with Crippen LogP contribution >= 0.6 is 0 Å². The van der Waals surface area contributed by atoms with Crippen molar-refractivity contribution >= 4 is 8.93 Å². The summed E-state index contributed by atoms with van der Waals surface area (Å²) in [5, 5.41) is 0. The summed E-state index contributed by atoms with van der Waals surface area (Å²) in [6, 6.07) is 0.585. The minimum Gasteiger partial charge on any atom is -0.487 e. The molecule has 0 bridgehead atoms. The lowest BCUT2D eigenvalue weighted by atomic mass is 10.2. The summed E-state index contributed by atoms with van der Waals surface area (Å²) >= 11 is 0. The number of allylic oxidation sites excluding steroid dienone is 4. The van der Waals surface area contributed by atoms with Crippen LogP contribution in [-0.4, -0.2) is 8.93 Å². The highest BCUT2D eigenvalue weighted by Crippen LogP contribution is 2.24. The molecule has 3 heteroatoms. The lowest BCUT2D eigenvalue weighted by molar-refractivity contribution is 0.381. The van der Waals surface area contributed by atoms with Crippen LogP contribution in [0.25, 0.3) is 0 Å². The van der Waals surface area contributed by atoms with Gasteiger partial charge in [0, 0.05) is 11.6 Å². The second kappa shape index (κ2) is 2.02. The lowest BCUT2D eigenvalue weighted by Gasteiger charge is -2.09. The summed E-state index contributed by atoms with van der Waals surface area (Å²) in [6.07, 6.45) is 7.67. The van der Waals surface area contributed by atoms with Gasteiger partial charge >= 0.3 is 8.93 Å². The average Bonchev–Trinajstić information content (AvgIpc) is 2.33. The summed E-state index contributed by atoms with van der Waals surface area (Å²) in [4.78, 5) is 0. The third-order valence-electron chi connectivity index (χ3n) is 1.52. The van der Waals surface area contributed by atoms with Gasteiger partial charge in [-0.15, -0.1) is 0 Å². The van der Waals surface area contributed by atoms with Crippen LogP contribution in [0.3, 0.4) is 0 Å². The van der Waals surface area contributed by atoms with Crippen molar-refractivity contribution in [3.05, 3.63) is 35.6 Å². The zero-order chi connectivity index (χ0) is 6.97. The molecule has 0 aromatic rings. The lowest BCUT2D eigenvalue weighted by Crippen LogP contribution is -2.09. The molecule has 50 valence electrons. The predicted molar refractivity (Wildman–Crippen MR) is 37.6 cm³/mol. The van der Waals surface area contributed by atoms with Crippen molar-refractivity contribution in [2.75, 3.05) is 0 Å². The smallest absolute Gasteiger partial charge is 0.487 e. The summed E-state index contributed by atoms with van der Waals surface area (Å²) < 4.78 is 15.9. The Morgan fingerprint density at radius 1 is 1.60 bits per heavy atom. The first kappa shape index (κ1) is 5.79. The van der Waals surface area contributed by atoms with E-state index >= 15 is 0 Å². The molecule has 0 aromatic heterocycles. The third-order valence-corrected chi connectivity index (χ3v) is 2.51. The van der Waals surface area contributed by atoms with Crippen LogP contribution in [0.5, 0.6) is 0 Å². The molecule has 0 spiro atoms. The van der Waals surface area contributed by atoms with Crippen LogP contribution in [0.4, 0.5) is 0 Å². The van der Waals surface area contributed by atoms with E-state index in [1.165, 1.54) is 0 Å². The van der Waals surface area contributed by atoms with Gasteiger partial charge in [-0.25, -0.2) is 0 Å². The van der Waals surface area contributed by atoms with Gasteiger partial charge in [-0.05, 0) is 6.08 Å². The van der Waals surface area contributed by atoms with Gasteiger partial charge in [0.05, 0.1) is 0 Å². The van der Waals surface area contributed by atoms with E-state index in [1.807, 2.05) is 24.3 Å². The molecule has 2 aliphatic rings. The Kier molecular flexibility index (Phi) is 1.17. The second-order valence-electron chi connectivity index (χ2n) is 2.23. The van der Waals surface area contributed by atoms with Crippen LogP contribution < -0.4 is 0 Å². The van der Waals surface area contributed by atoms with Gasteiger partial charge in [0.15, 0.2) is 0 Å². The maximum Gasteiger partial charge on any atom is 0.511 e. The molecule has 0 N–H and O–H groups in total. The molecule has 0 unspecified atom stereocenters. The molecule has 2 nitrogen and oxygen atoms in total. The first-order chi connectivity index (χ1) is 4.86. The number of hydrogen-bond donors (Lipinski definition) is 0. The van der Waals surface area contributed by atoms with E-state index in [9.17, 15) is 4.46 Å². The summed E-state index contributed by atoms with van der Waals surface area (Å²) in [5.41, 5.74) is 1.07. The van der Waals surface area contributed by atoms with Crippen molar-refractivity contribution < 1.29 is 8.89 Å². The van der Waals surface area contributed by atoms with Gasteiger partial charge in [0.2, 0.25) is 0 Å². The third kappa shape index (κ3) is 0.788. The molecule has 0 saturated carbocycles. The molecule has 2 rings (SSSR count). The first-order valence-corrected chi connectivity index (χ1v) is 4.68. The predicted octanol–water partition coefficient (Wildman–Crippen LogP) is 1.32. The van der Waals surface area contributed by atoms with Crippen LogP contribution in [0.1, 0.15) is 0 Å². The van der Waals surface area contributed by atoms with Crippen molar-refractivity contribution in [3.63, 3.8) is 0 Å². The second-order valence-corrected chi connectivity index (χ2v) is 3.58. The summed E-state index contributed by atoms with van der Waals surface area (Å²) in [7, 11) is -1.78. The maximum atomic E-state index is 10.9. The molecule has 1 aliphatic heterocycles. The maximum absolute atomic E-state index is 10.9. The molecule has 0 fully saturated rings. The van der Waals surface area contributed by atoms with Crippen LogP contribution in [-0.2, 0) is 8.89 Å². The van der Waals surface area contributed by atoms with Gasteiger partial charge in [0.25, 0.3) is 0 Å². The molecule has 0 saturated heterocycles. The van der Waals surface area contributed by atoms with Gasteiger partial charge in [-0.2, -0.15) is 0 Å². The number of rotatable bonds is 0. The Labute approximate surface area is 60.3 Å². The molecular weight excluding hydrogens is 144 g/mol. The fraction of sp³-hybridized carbons (Fsp3) is 0.143. The van der Waals surface area contributed by atoms with Gasteiger partial charge in [-0.1, -0.05) is 18.2 Å². The van der Waals surface area contributed by atoms with Crippen LogP contribution in [0, 0.1) is 0 Å². The molecule has 10 heavy (non-hydrogen) atoms. The first-order valence-electron chi connectivity index (χ1n) is 3.16. The van der Waals surface area contributed by atoms with E-state index in [4.69, 9.17) is 4.43 Å². The molecular formula is C7H6O2Si. The molecule has 1 aliphatic carbocycles. The highest BCUT2D eigenvalue weighted by atomic mass is 28.3. The quantitative estimate of drug-likeness (QED) is 0.487. The van der Waals surface area contributed by atoms with E-state index in [-0.39, 0.29) is 0 Å². The SMILES string of the molecule is O=[Si]1CC=C2C=CC=C2O1. The van der Waals surface area contributed by atoms with E-state index in [2.05, 4.69) is 0 Å². The zero-order valence-corrected chi connectivity index (χ0v) is 6.33. The van der Waals surface area contributed by atoms with Crippen molar-refractivity contribution in [2.45, 2.75) is 6.04 Å². The van der Waals surface area contributed by atoms with Crippen molar-refractivity contribution in [1.82, 2.24) is 0 Å². The fourth-order valence-electron chi connectivity index (χ4n) is 1.04. The normalized spacial score (nSPS) is 21.4. The van der Waals surface area contributed by atoms with Gasteiger partial charge < -0.3 is 8.89 Å². The Balaban J connectivity index is 2.39. The molecule has 0 amide bonds. The minimum absolute atomic E-state index is 0.585. The van der Waals surface area contributed by atoms with Gasteiger partial charge in [-0.3, -0.25) is 0 Å². The zero-order valence-electron chi connectivity index (χ0n) is 5.33. The Bertz CT molecular complexity index is 273. The van der Waals surface area contributed by atoms with Crippen molar-refractivity contribution in [2.24, 2.45) is 0 Å². The summed E-state index contributed by atoms with van der Waals surface area (Å²) in [5.74, 6) is 0.773.